The van der Waals surface area contributed by atoms with Crippen LogP contribution in [0, 0.1) is 0 Å². The molecule has 0 spiro atoms. The molecule has 5 heteroatoms. The summed E-state index contributed by atoms with van der Waals surface area (Å²) in [5, 5.41) is 0.830. The zero-order valence-electron chi connectivity index (χ0n) is 10.2. The molecule has 2 rings (SSSR count). The number of fused-ring (bicyclic) bond motifs is 1. The SMILES string of the molecule is CCOCCCON1C(=O)c2ccccc2C1=O. The fraction of sp³-hybridized carbons (Fsp3) is 0.385. The Labute approximate surface area is 105 Å². The Morgan fingerprint density at radius 3 is 2.22 bits per heavy atom. The summed E-state index contributed by atoms with van der Waals surface area (Å²) in [4.78, 5) is 29.0. The Morgan fingerprint density at radius 2 is 1.67 bits per heavy atom. The molecule has 0 unspecified atom stereocenters. The minimum Gasteiger partial charge on any atom is -0.382 e. The number of hydrogen-bond donors (Lipinski definition) is 0. The van der Waals surface area contributed by atoms with Gasteiger partial charge in [0.25, 0.3) is 11.8 Å². The van der Waals surface area contributed by atoms with E-state index in [0.717, 1.165) is 5.06 Å². The fourth-order valence-corrected chi connectivity index (χ4v) is 1.75. The van der Waals surface area contributed by atoms with Crippen molar-refractivity contribution >= 4 is 11.8 Å². The summed E-state index contributed by atoms with van der Waals surface area (Å²) in [5.74, 6) is -0.793. The summed E-state index contributed by atoms with van der Waals surface area (Å²) in [7, 11) is 0. The highest BCUT2D eigenvalue weighted by Crippen LogP contribution is 2.22. The average molecular weight is 249 g/mol. The summed E-state index contributed by atoms with van der Waals surface area (Å²) in [6.07, 6.45) is 0.640. The molecule has 1 aromatic rings. The van der Waals surface area contributed by atoms with Crippen molar-refractivity contribution in [3.8, 4) is 0 Å². The summed E-state index contributed by atoms with van der Waals surface area (Å²) in [5.41, 5.74) is 0.791. The summed E-state index contributed by atoms with van der Waals surface area (Å²) < 4.78 is 5.15. The van der Waals surface area contributed by atoms with Crippen LogP contribution in [0.2, 0.25) is 0 Å². The lowest BCUT2D eigenvalue weighted by Gasteiger charge is -2.12. The first-order valence-corrected chi connectivity index (χ1v) is 5.94. The van der Waals surface area contributed by atoms with Crippen molar-refractivity contribution in [3.05, 3.63) is 35.4 Å². The normalized spacial score (nSPS) is 14.2. The van der Waals surface area contributed by atoms with Crippen molar-refractivity contribution in [1.82, 2.24) is 5.06 Å². The molecule has 0 atom stereocenters. The van der Waals surface area contributed by atoms with E-state index in [1.807, 2.05) is 6.92 Å². The number of carbonyl (C=O) groups is 2. The maximum absolute atomic E-state index is 11.9. The molecule has 0 radical (unpaired) electrons. The van der Waals surface area contributed by atoms with Crippen LogP contribution in [-0.2, 0) is 9.57 Å². The van der Waals surface area contributed by atoms with Gasteiger partial charge in [-0.1, -0.05) is 12.1 Å². The smallest absolute Gasteiger partial charge is 0.285 e. The fourth-order valence-electron chi connectivity index (χ4n) is 1.75. The van der Waals surface area contributed by atoms with Gasteiger partial charge >= 0.3 is 0 Å². The van der Waals surface area contributed by atoms with Crippen LogP contribution in [-0.4, -0.2) is 36.7 Å². The third kappa shape index (κ3) is 2.42. The first-order valence-electron chi connectivity index (χ1n) is 5.94. The molecule has 1 heterocycles. The van der Waals surface area contributed by atoms with E-state index < -0.39 is 11.8 Å². The van der Waals surface area contributed by atoms with Gasteiger partial charge in [-0.15, -0.1) is 5.06 Å². The maximum atomic E-state index is 11.9. The molecule has 0 N–H and O–H groups in total. The predicted octanol–water partition coefficient (Wildman–Crippen LogP) is 1.64. The number of hydroxylamine groups is 2. The van der Waals surface area contributed by atoms with Gasteiger partial charge in [-0.25, -0.2) is 0 Å². The first-order chi connectivity index (χ1) is 8.75. The highest BCUT2D eigenvalue weighted by molar-refractivity contribution is 6.20. The second-order valence-electron chi connectivity index (χ2n) is 3.83. The van der Waals surface area contributed by atoms with E-state index in [2.05, 4.69) is 0 Å². The van der Waals surface area contributed by atoms with Crippen molar-refractivity contribution in [2.75, 3.05) is 19.8 Å². The van der Waals surface area contributed by atoms with E-state index in [0.29, 0.717) is 30.8 Å². The molecule has 0 saturated heterocycles. The van der Waals surface area contributed by atoms with Crippen LogP contribution in [0.4, 0.5) is 0 Å². The second-order valence-corrected chi connectivity index (χ2v) is 3.83. The minimum atomic E-state index is -0.396. The molecule has 2 amide bonds. The van der Waals surface area contributed by atoms with E-state index in [1.54, 1.807) is 24.3 Å². The lowest BCUT2D eigenvalue weighted by molar-refractivity contribution is -0.0953. The third-order valence-electron chi connectivity index (χ3n) is 2.61. The van der Waals surface area contributed by atoms with Crippen molar-refractivity contribution in [1.29, 1.82) is 0 Å². The van der Waals surface area contributed by atoms with Gasteiger partial charge in [-0.2, -0.15) is 0 Å². The zero-order valence-corrected chi connectivity index (χ0v) is 10.2. The quantitative estimate of drug-likeness (QED) is 0.568. The zero-order chi connectivity index (χ0) is 13.0. The van der Waals surface area contributed by atoms with Gasteiger partial charge in [0, 0.05) is 13.2 Å². The Balaban J connectivity index is 1.93. The number of amides is 2. The van der Waals surface area contributed by atoms with Gasteiger partial charge in [0.2, 0.25) is 0 Å². The molecule has 1 aliphatic heterocycles. The summed E-state index contributed by atoms with van der Waals surface area (Å²) in [6, 6.07) is 6.70. The molecular weight excluding hydrogens is 234 g/mol. The van der Waals surface area contributed by atoms with Crippen LogP contribution < -0.4 is 0 Å². The van der Waals surface area contributed by atoms with Crippen LogP contribution in [0.25, 0.3) is 0 Å². The highest BCUT2D eigenvalue weighted by Gasteiger charge is 2.36. The number of hydrogen-bond acceptors (Lipinski definition) is 4. The topological polar surface area (TPSA) is 55.8 Å². The number of nitrogens with zero attached hydrogens (tertiary/aromatic N) is 1. The van der Waals surface area contributed by atoms with Crippen LogP contribution >= 0.6 is 0 Å². The van der Waals surface area contributed by atoms with Gasteiger partial charge in [0.05, 0.1) is 17.7 Å². The largest absolute Gasteiger partial charge is 0.382 e. The van der Waals surface area contributed by atoms with E-state index in [4.69, 9.17) is 9.57 Å². The predicted molar refractivity (Wildman–Crippen MR) is 64.0 cm³/mol. The summed E-state index contributed by atoms with van der Waals surface area (Å²) in [6.45, 7) is 3.39. The number of imide groups is 1. The lowest BCUT2D eigenvalue weighted by atomic mass is 10.1. The van der Waals surface area contributed by atoms with Gasteiger partial charge < -0.3 is 4.74 Å². The van der Waals surface area contributed by atoms with E-state index in [9.17, 15) is 9.59 Å². The average Bonchev–Trinajstić information content (AvgIpc) is 2.64. The van der Waals surface area contributed by atoms with Gasteiger partial charge in [0.1, 0.15) is 0 Å². The molecule has 0 saturated carbocycles. The Kier molecular flexibility index (Phi) is 4.07. The minimum absolute atomic E-state index is 0.283. The monoisotopic (exact) mass is 249 g/mol. The Bertz CT molecular complexity index is 423. The number of carbonyl (C=O) groups excluding carboxylic acids is 2. The first kappa shape index (κ1) is 12.7. The van der Waals surface area contributed by atoms with Crippen LogP contribution in [0.1, 0.15) is 34.1 Å². The van der Waals surface area contributed by atoms with Crippen molar-refractivity contribution in [2.45, 2.75) is 13.3 Å². The van der Waals surface area contributed by atoms with Crippen LogP contribution in [0.15, 0.2) is 24.3 Å². The van der Waals surface area contributed by atoms with Crippen LogP contribution in [0.5, 0.6) is 0 Å². The van der Waals surface area contributed by atoms with E-state index >= 15 is 0 Å². The molecular formula is C13H15NO4. The van der Waals surface area contributed by atoms with E-state index in [-0.39, 0.29) is 6.61 Å². The number of ether oxygens (including phenoxy) is 1. The lowest BCUT2D eigenvalue weighted by Crippen LogP contribution is -2.30. The van der Waals surface area contributed by atoms with Crippen LogP contribution in [0.3, 0.4) is 0 Å². The molecule has 0 fully saturated rings. The van der Waals surface area contributed by atoms with Gasteiger partial charge in [0.15, 0.2) is 0 Å². The van der Waals surface area contributed by atoms with Crippen molar-refractivity contribution in [2.24, 2.45) is 0 Å². The Morgan fingerprint density at radius 1 is 1.06 bits per heavy atom. The van der Waals surface area contributed by atoms with Crippen molar-refractivity contribution < 1.29 is 19.2 Å². The molecule has 18 heavy (non-hydrogen) atoms. The molecule has 5 nitrogen and oxygen atoms in total. The molecule has 0 aromatic heterocycles. The van der Waals surface area contributed by atoms with E-state index in [1.165, 1.54) is 0 Å². The van der Waals surface area contributed by atoms with Crippen molar-refractivity contribution in [3.63, 3.8) is 0 Å². The standard InChI is InChI=1S/C13H15NO4/c1-2-17-8-5-9-18-14-12(15)10-6-3-4-7-11(10)13(14)16/h3-4,6-7H,2,5,8-9H2,1H3. The molecule has 0 bridgehead atoms. The summed E-state index contributed by atoms with van der Waals surface area (Å²) >= 11 is 0. The molecule has 1 aliphatic rings. The molecule has 1 aromatic carbocycles. The highest BCUT2D eigenvalue weighted by atomic mass is 16.7. The number of benzene rings is 1. The maximum Gasteiger partial charge on any atom is 0.285 e. The molecule has 0 aliphatic carbocycles. The second kappa shape index (κ2) is 5.75. The number of rotatable bonds is 6. The Hall–Kier alpha value is -1.72. The molecule has 96 valence electrons. The van der Waals surface area contributed by atoms with Gasteiger partial charge in [-0.3, -0.25) is 14.4 Å². The van der Waals surface area contributed by atoms with Gasteiger partial charge in [-0.05, 0) is 25.5 Å². The third-order valence-corrected chi connectivity index (χ3v) is 2.61.